The Kier molecular flexibility index (Phi) is 8.01. The fourth-order valence-corrected chi connectivity index (χ4v) is 2.23. The first kappa shape index (κ1) is 17.7. The van der Waals surface area contributed by atoms with E-state index in [4.69, 9.17) is 5.11 Å². The first-order valence-electron chi connectivity index (χ1n) is 7.78. The molecule has 4 heteroatoms. The van der Waals surface area contributed by atoms with Crippen LogP contribution >= 0.6 is 0 Å². The molecule has 1 rings (SSSR count). The van der Waals surface area contributed by atoms with Crippen LogP contribution in [0.2, 0.25) is 0 Å². The Balaban J connectivity index is 2.39. The quantitative estimate of drug-likeness (QED) is 0.655. The summed E-state index contributed by atoms with van der Waals surface area (Å²) < 4.78 is 0. The summed E-state index contributed by atoms with van der Waals surface area (Å²) >= 11 is 0. The fraction of sp³-hybridized carbons (Fsp3) is 0.588. The zero-order valence-electron chi connectivity index (χ0n) is 13.4. The van der Waals surface area contributed by atoms with Gasteiger partial charge in [-0.2, -0.15) is 0 Å². The lowest BCUT2D eigenvalue weighted by molar-refractivity contribution is -0.116. The third-order valence-electron chi connectivity index (χ3n) is 3.60. The molecule has 0 aliphatic heterocycles. The van der Waals surface area contributed by atoms with Crippen LogP contribution in [0.25, 0.3) is 0 Å². The van der Waals surface area contributed by atoms with Gasteiger partial charge in [0.25, 0.3) is 0 Å². The number of hydrogen-bond donors (Lipinski definition) is 3. The highest BCUT2D eigenvalue weighted by Crippen LogP contribution is 2.15. The number of para-hydroxylation sites is 1. The Labute approximate surface area is 128 Å². The molecular weight excluding hydrogens is 264 g/mol. The van der Waals surface area contributed by atoms with Crippen molar-refractivity contribution in [3.8, 4) is 0 Å². The first-order chi connectivity index (χ1) is 10.1. The summed E-state index contributed by atoms with van der Waals surface area (Å²) in [7, 11) is 0. The van der Waals surface area contributed by atoms with Gasteiger partial charge >= 0.3 is 0 Å². The summed E-state index contributed by atoms with van der Waals surface area (Å²) in [6.45, 7) is 7.22. The molecule has 2 atom stereocenters. The van der Waals surface area contributed by atoms with Gasteiger partial charge < -0.3 is 15.7 Å². The maximum absolute atomic E-state index is 12.1. The minimum absolute atomic E-state index is 0.0331. The molecule has 118 valence electrons. The van der Waals surface area contributed by atoms with E-state index in [2.05, 4.69) is 24.5 Å². The van der Waals surface area contributed by atoms with Gasteiger partial charge in [0.1, 0.15) is 0 Å². The molecule has 4 nitrogen and oxygen atoms in total. The van der Waals surface area contributed by atoms with E-state index in [1.165, 1.54) is 0 Å². The van der Waals surface area contributed by atoms with E-state index < -0.39 is 0 Å². The smallest absolute Gasteiger partial charge is 0.225 e. The van der Waals surface area contributed by atoms with E-state index in [1.807, 2.05) is 31.2 Å². The molecule has 0 bridgehead atoms. The Hall–Kier alpha value is -1.39. The maximum Gasteiger partial charge on any atom is 0.225 e. The highest BCUT2D eigenvalue weighted by Gasteiger charge is 2.11. The average molecular weight is 292 g/mol. The van der Waals surface area contributed by atoms with E-state index in [1.54, 1.807) is 0 Å². The van der Waals surface area contributed by atoms with Crippen molar-refractivity contribution in [3.05, 3.63) is 29.8 Å². The van der Waals surface area contributed by atoms with Crippen LogP contribution in [0.1, 0.15) is 39.2 Å². The first-order valence-corrected chi connectivity index (χ1v) is 7.78. The van der Waals surface area contributed by atoms with Crippen molar-refractivity contribution < 1.29 is 9.90 Å². The van der Waals surface area contributed by atoms with Crippen LogP contribution in [0.15, 0.2) is 24.3 Å². The van der Waals surface area contributed by atoms with E-state index in [-0.39, 0.29) is 18.6 Å². The number of carbonyl (C=O) groups excluding carboxylic acids is 1. The van der Waals surface area contributed by atoms with Crippen molar-refractivity contribution in [2.75, 3.05) is 18.5 Å². The predicted octanol–water partition coefficient (Wildman–Crippen LogP) is 2.57. The number of aryl methyl sites for hydroxylation is 1. The number of benzene rings is 1. The molecule has 3 N–H and O–H groups in total. The molecule has 0 saturated carbocycles. The molecule has 21 heavy (non-hydrogen) atoms. The topological polar surface area (TPSA) is 61.4 Å². The second-order valence-electron chi connectivity index (χ2n) is 5.69. The summed E-state index contributed by atoms with van der Waals surface area (Å²) in [5.41, 5.74) is 2.06. The van der Waals surface area contributed by atoms with Crippen LogP contribution in [0, 0.1) is 5.92 Å². The summed E-state index contributed by atoms with van der Waals surface area (Å²) in [6, 6.07) is 8.03. The van der Waals surface area contributed by atoms with Gasteiger partial charge in [-0.15, -0.1) is 0 Å². The monoisotopic (exact) mass is 292 g/mol. The standard InChI is InChI=1S/C17H28N2O2/c1-4-15-7-5-6-8-16(15)19-17(21)11-14(3)18-12-13(2)9-10-20/h5-8,13-14,18,20H,4,9-12H2,1-3H3,(H,19,21). The molecule has 0 radical (unpaired) electrons. The third kappa shape index (κ3) is 6.74. The molecule has 1 amide bonds. The van der Waals surface area contributed by atoms with E-state index >= 15 is 0 Å². The number of aliphatic hydroxyl groups excluding tert-OH is 1. The number of carbonyl (C=O) groups is 1. The van der Waals surface area contributed by atoms with Gasteiger partial charge in [-0.1, -0.05) is 32.0 Å². The van der Waals surface area contributed by atoms with Gasteiger partial charge in [-0.05, 0) is 43.9 Å². The molecular formula is C17H28N2O2. The number of hydrogen-bond acceptors (Lipinski definition) is 3. The van der Waals surface area contributed by atoms with Crippen LogP contribution < -0.4 is 10.6 Å². The number of amides is 1. The highest BCUT2D eigenvalue weighted by molar-refractivity contribution is 5.91. The Bertz CT molecular complexity index is 435. The maximum atomic E-state index is 12.1. The number of aliphatic hydroxyl groups is 1. The van der Waals surface area contributed by atoms with Crippen LogP contribution in [0.5, 0.6) is 0 Å². The minimum Gasteiger partial charge on any atom is -0.396 e. The molecule has 0 heterocycles. The predicted molar refractivity (Wildman–Crippen MR) is 87.4 cm³/mol. The van der Waals surface area contributed by atoms with Gasteiger partial charge in [0, 0.05) is 24.8 Å². The molecule has 0 saturated heterocycles. The lowest BCUT2D eigenvalue weighted by atomic mass is 10.1. The van der Waals surface area contributed by atoms with Gasteiger partial charge in [-0.3, -0.25) is 4.79 Å². The van der Waals surface area contributed by atoms with Crippen molar-refractivity contribution in [1.29, 1.82) is 0 Å². The Morgan fingerprint density at radius 3 is 2.67 bits per heavy atom. The summed E-state index contributed by atoms with van der Waals surface area (Å²) in [5.74, 6) is 0.451. The molecule has 1 aromatic carbocycles. The normalized spacial score (nSPS) is 13.7. The minimum atomic E-state index is 0.0331. The lowest BCUT2D eigenvalue weighted by Gasteiger charge is -2.17. The molecule has 1 aromatic rings. The van der Waals surface area contributed by atoms with E-state index in [0.29, 0.717) is 12.3 Å². The molecule has 2 unspecified atom stereocenters. The summed E-state index contributed by atoms with van der Waals surface area (Å²) in [5, 5.41) is 15.2. The number of nitrogens with one attached hydrogen (secondary N) is 2. The lowest BCUT2D eigenvalue weighted by Crippen LogP contribution is -2.34. The summed E-state index contributed by atoms with van der Waals surface area (Å²) in [6.07, 6.45) is 2.14. The molecule has 0 spiro atoms. The number of anilines is 1. The van der Waals surface area contributed by atoms with Crippen molar-refractivity contribution in [2.24, 2.45) is 5.92 Å². The number of rotatable bonds is 9. The van der Waals surface area contributed by atoms with E-state index in [0.717, 1.165) is 30.6 Å². The van der Waals surface area contributed by atoms with Crippen molar-refractivity contribution >= 4 is 11.6 Å². The average Bonchev–Trinajstić information content (AvgIpc) is 2.46. The van der Waals surface area contributed by atoms with Gasteiger partial charge in [0.2, 0.25) is 5.91 Å². The largest absolute Gasteiger partial charge is 0.396 e. The second kappa shape index (κ2) is 9.53. The molecule has 0 aliphatic rings. The Morgan fingerprint density at radius 2 is 2.00 bits per heavy atom. The van der Waals surface area contributed by atoms with Gasteiger partial charge in [0.15, 0.2) is 0 Å². The van der Waals surface area contributed by atoms with Crippen LogP contribution in [-0.4, -0.2) is 30.2 Å². The van der Waals surface area contributed by atoms with Crippen LogP contribution in [-0.2, 0) is 11.2 Å². The van der Waals surface area contributed by atoms with Gasteiger partial charge in [0.05, 0.1) is 0 Å². The zero-order valence-corrected chi connectivity index (χ0v) is 13.4. The second-order valence-corrected chi connectivity index (χ2v) is 5.69. The van der Waals surface area contributed by atoms with Gasteiger partial charge in [-0.25, -0.2) is 0 Å². The SMILES string of the molecule is CCc1ccccc1NC(=O)CC(C)NCC(C)CCO. The van der Waals surface area contributed by atoms with Crippen molar-refractivity contribution in [1.82, 2.24) is 5.32 Å². The van der Waals surface area contributed by atoms with E-state index in [9.17, 15) is 4.79 Å². The third-order valence-corrected chi connectivity index (χ3v) is 3.60. The van der Waals surface area contributed by atoms with Crippen molar-refractivity contribution in [3.63, 3.8) is 0 Å². The molecule has 0 fully saturated rings. The zero-order chi connectivity index (χ0) is 15.7. The van der Waals surface area contributed by atoms with Crippen molar-refractivity contribution in [2.45, 2.75) is 46.1 Å². The highest BCUT2D eigenvalue weighted by atomic mass is 16.3. The molecule has 0 aliphatic carbocycles. The fourth-order valence-electron chi connectivity index (χ4n) is 2.23. The molecule has 0 aromatic heterocycles. The van der Waals surface area contributed by atoms with Crippen LogP contribution in [0.3, 0.4) is 0 Å². The summed E-state index contributed by atoms with van der Waals surface area (Å²) in [4.78, 5) is 12.1. The Morgan fingerprint density at radius 1 is 1.29 bits per heavy atom. The van der Waals surface area contributed by atoms with Crippen LogP contribution in [0.4, 0.5) is 5.69 Å².